The SMILES string of the molecule is C#CCN(C(=O)COC(F)(F)F)c1c(F)ccc(NC(=O)c2cc(NC(=O)[C@H]3CC3(Cl)Cl)ccc2Cl)c1F. The summed E-state index contributed by atoms with van der Waals surface area (Å²) in [6.07, 6.45) is 0.149. The highest BCUT2D eigenvalue weighted by Gasteiger charge is 2.56. The van der Waals surface area contributed by atoms with Crippen molar-refractivity contribution in [1.82, 2.24) is 0 Å². The lowest BCUT2D eigenvalue weighted by molar-refractivity contribution is -0.320. The lowest BCUT2D eigenvalue weighted by atomic mass is 10.1. The fourth-order valence-corrected chi connectivity index (χ4v) is 3.89. The number of amides is 3. The number of carbonyl (C=O) groups is 3. The van der Waals surface area contributed by atoms with E-state index in [9.17, 15) is 31.9 Å². The van der Waals surface area contributed by atoms with Gasteiger partial charge >= 0.3 is 6.36 Å². The average molecular weight is 599 g/mol. The summed E-state index contributed by atoms with van der Waals surface area (Å²) >= 11 is 17.8. The van der Waals surface area contributed by atoms with Gasteiger partial charge in [0.15, 0.2) is 5.82 Å². The van der Waals surface area contributed by atoms with Crippen LogP contribution in [0.15, 0.2) is 30.3 Å². The Labute approximate surface area is 227 Å². The number of anilines is 3. The second-order valence-corrected chi connectivity index (χ2v) is 9.78. The Kier molecular flexibility index (Phi) is 8.78. The second-order valence-electron chi connectivity index (χ2n) is 7.83. The first kappa shape index (κ1) is 29.4. The van der Waals surface area contributed by atoms with Gasteiger partial charge in [-0.15, -0.1) is 42.8 Å². The molecule has 0 aromatic heterocycles. The van der Waals surface area contributed by atoms with E-state index in [2.05, 4.69) is 15.4 Å². The van der Waals surface area contributed by atoms with Crippen molar-refractivity contribution < 1.29 is 41.1 Å². The van der Waals surface area contributed by atoms with Gasteiger partial charge in [0, 0.05) is 5.69 Å². The van der Waals surface area contributed by atoms with Gasteiger partial charge in [-0.05, 0) is 36.8 Å². The van der Waals surface area contributed by atoms with E-state index in [4.69, 9.17) is 41.2 Å². The maximum atomic E-state index is 15.2. The minimum absolute atomic E-state index is 0.105. The van der Waals surface area contributed by atoms with E-state index in [1.165, 1.54) is 18.2 Å². The predicted molar refractivity (Wildman–Crippen MR) is 130 cm³/mol. The van der Waals surface area contributed by atoms with Crippen LogP contribution in [-0.2, 0) is 14.3 Å². The number of halogens is 8. The molecule has 0 saturated heterocycles. The van der Waals surface area contributed by atoms with Gasteiger partial charge in [-0.1, -0.05) is 17.5 Å². The highest BCUT2D eigenvalue weighted by Crippen LogP contribution is 2.53. The predicted octanol–water partition coefficient (Wildman–Crippen LogP) is 5.51. The van der Waals surface area contributed by atoms with Gasteiger partial charge in [0.25, 0.3) is 11.8 Å². The quantitative estimate of drug-likeness (QED) is 0.239. The normalized spacial score (nSPS) is 15.8. The molecule has 0 radical (unpaired) electrons. The number of rotatable bonds is 8. The van der Waals surface area contributed by atoms with E-state index in [1.54, 1.807) is 0 Å². The van der Waals surface area contributed by atoms with Crippen molar-refractivity contribution in [2.45, 2.75) is 17.1 Å². The molecule has 7 nitrogen and oxygen atoms in total. The van der Waals surface area contributed by atoms with E-state index in [1.807, 2.05) is 5.92 Å². The number of hydrogen-bond acceptors (Lipinski definition) is 4. The molecule has 0 heterocycles. The Balaban J connectivity index is 1.85. The summed E-state index contributed by atoms with van der Waals surface area (Å²) in [5, 5.41) is 4.54. The van der Waals surface area contributed by atoms with Gasteiger partial charge in [0.2, 0.25) is 5.91 Å². The minimum atomic E-state index is -5.19. The summed E-state index contributed by atoms with van der Waals surface area (Å²) in [6.45, 7) is -2.42. The molecule has 1 aliphatic rings. The van der Waals surface area contributed by atoms with Crippen LogP contribution < -0.4 is 15.5 Å². The number of alkyl halides is 5. The lowest BCUT2D eigenvalue weighted by Crippen LogP contribution is -2.37. The molecule has 0 bridgehead atoms. The molecule has 3 rings (SSSR count). The first-order valence-electron chi connectivity index (χ1n) is 10.4. The summed E-state index contributed by atoms with van der Waals surface area (Å²) < 4.78 is 69.0. The topological polar surface area (TPSA) is 87.7 Å². The van der Waals surface area contributed by atoms with Crippen molar-refractivity contribution in [3.8, 4) is 12.3 Å². The Morgan fingerprint density at radius 1 is 1.16 bits per heavy atom. The van der Waals surface area contributed by atoms with Crippen molar-refractivity contribution in [3.05, 3.63) is 52.6 Å². The van der Waals surface area contributed by atoms with Gasteiger partial charge in [-0.25, -0.2) is 8.78 Å². The molecule has 38 heavy (non-hydrogen) atoms. The minimum Gasteiger partial charge on any atom is -0.326 e. The average Bonchev–Trinajstić information content (AvgIpc) is 3.47. The van der Waals surface area contributed by atoms with Crippen LogP contribution in [0.1, 0.15) is 16.8 Å². The van der Waals surface area contributed by atoms with Crippen LogP contribution in [0.25, 0.3) is 0 Å². The van der Waals surface area contributed by atoms with Crippen LogP contribution in [0.4, 0.5) is 39.0 Å². The van der Waals surface area contributed by atoms with Crippen molar-refractivity contribution >= 4 is 69.6 Å². The summed E-state index contributed by atoms with van der Waals surface area (Å²) in [4.78, 5) is 37.5. The number of ether oxygens (including phenoxy) is 1. The zero-order chi connectivity index (χ0) is 28.4. The zero-order valence-corrected chi connectivity index (χ0v) is 21.0. The van der Waals surface area contributed by atoms with Crippen LogP contribution in [-0.4, -0.2) is 41.6 Å². The largest absolute Gasteiger partial charge is 0.523 e. The number of terminal acetylenes is 1. The van der Waals surface area contributed by atoms with Crippen LogP contribution >= 0.6 is 34.8 Å². The number of nitrogens with zero attached hydrogens (tertiary/aromatic N) is 1. The highest BCUT2D eigenvalue weighted by atomic mass is 35.5. The Hall–Kier alpha value is -3.11. The van der Waals surface area contributed by atoms with Gasteiger partial charge in [0.1, 0.15) is 22.4 Å². The van der Waals surface area contributed by atoms with Gasteiger partial charge < -0.3 is 10.6 Å². The van der Waals surface area contributed by atoms with Gasteiger partial charge in [0.05, 0.1) is 28.7 Å². The Morgan fingerprint density at radius 3 is 2.39 bits per heavy atom. The molecule has 2 aromatic carbocycles. The summed E-state index contributed by atoms with van der Waals surface area (Å²) in [6, 6.07) is 5.30. The number of nitrogens with one attached hydrogen (secondary N) is 2. The summed E-state index contributed by atoms with van der Waals surface area (Å²) in [5.41, 5.74) is -1.87. The van der Waals surface area contributed by atoms with Crippen LogP contribution in [0, 0.1) is 29.9 Å². The molecule has 0 aliphatic heterocycles. The third kappa shape index (κ3) is 7.05. The van der Waals surface area contributed by atoms with Crippen LogP contribution in [0.3, 0.4) is 0 Å². The lowest BCUT2D eigenvalue weighted by Gasteiger charge is -2.23. The molecule has 1 atom stereocenters. The highest BCUT2D eigenvalue weighted by molar-refractivity contribution is 6.52. The van der Waals surface area contributed by atoms with E-state index >= 15 is 4.39 Å². The Morgan fingerprint density at radius 2 is 1.82 bits per heavy atom. The molecular weight excluding hydrogens is 584 g/mol. The third-order valence-corrected chi connectivity index (χ3v) is 6.28. The summed E-state index contributed by atoms with van der Waals surface area (Å²) in [5.74, 6) is -4.63. The number of carbonyl (C=O) groups excluding carboxylic acids is 3. The number of benzene rings is 2. The fraction of sp³-hybridized carbons (Fsp3) is 0.261. The molecule has 1 saturated carbocycles. The van der Waals surface area contributed by atoms with Crippen molar-refractivity contribution in [2.75, 3.05) is 28.7 Å². The van der Waals surface area contributed by atoms with Crippen LogP contribution in [0.5, 0.6) is 0 Å². The molecule has 0 unspecified atom stereocenters. The van der Waals surface area contributed by atoms with E-state index in [0.29, 0.717) is 6.07 Å². The molecule has 15 heteroatoms. The molecule has 1 aliphatic carbocycles. The van der Waals surface area contributed by atoms with Crippen molar-refractivity contribution in [1.29, 1.82) is 0 Å². The smallest absolute Gasteiger partial charge is 0.326 e. The van der Waals surface area contributed by atoms with Crippen molar-refractivity contribution in [2.24, 2.45) is 5.92 Å². The zero-order valence-electron chi connectivity index (χ0n) is 18.8. The maximum absolute atomic E-state index is 15.2. The van der Waals surface area contributed by atoms with Gasteiger partial charge in [-0.3, -0.25) is 24.0 Å². The molecule has 0 spiro atoms. The first-order chi connectivity index (χ1) is 17.6. The van der Waals surface area contributed by atoms with Crippen molar-refractivity contribution in [3.63, 3.8) is 0 Å². The molecule has 202 valence electrons. The maximum Gasteiger partial charge on any atom is 0.523 e. The molecule has 2 N–H and O–H groups in total. The Bertz CT molecular complexity index is 1330. The number of hydrogen-bond donors (Lipinski definition) is 2. The molecular formula is C23H15Cl3F5N3O4. The molecule has 3 amide bonds. The van der Waals surface area contributed by atoms with E-state index < -0.39 is 70.5 Å². The monoisotopic (exact) mass is 597 g/mol. The first-order valence-corrected chi connectivity index (χ1v) is 11.5. The molecule has 2 aromatic rings. The summed E-state index contributed by atoms with van der Waals surface area (Å²) in [7, 11) is 0. The third-order valence-electron chi connectivity index (χ3n) is 5.12. The fourth-order valence-electron chi connectivity index (χ4n) is 3.18. The standard InChI is InChI=1S/C23H15Cl3F5N3O4/c1-2-7-34(17(35)10-38-23(29,30)31)19-15(27)5-6-16(18(19)28)33-20(36)12-8-11(3-4-14(12)24)32-21(37)13-9-22(13,25)26/h1,3-6,8,13H,7,9-10H2,(H,32,37)(H,33,36)/t13-/m1/s1. The van der Waals surface area contributed by atoms with Gasteiger partial charge in [-0.2, -0.15) is 0 Å². The van der Waals surface area contributed by atoms with Crippen LogP contribution in [0.2, 0.25) is 5.02 Å². The molecule has 1 fully saturated rings. The van der Waals surface area contributed by atoms with E-state index in [0.717, 1.165) is 6.07 Å². The van der Waals surface area contributed by atoms with E-state index in [-0.39, 0.29) is 27.6 Å². The second kappa shape index (κ2) is 11.3.